The molecule has 0 fully saturated rings. The molecule has 0 aromatic heterocycles. The molecule has 2 rings (SSSR count). The van der Waals surface area contributed by atoms with Crippen LogP contribution in [-0.2, 0) is 6.18 Å². The Morgan fingerprint density at radius 3 is 2.57 bits per heavy atom. The van der Waals surface area contributed by atoms with Crippen molar-refractivity contribution < 1.29 is 13.2 Å². The summed E-state index contributed by atoms with van der Waals surface area (Å²) in [5, 5.41) is 3.88. The zero-order valence-electron chi connectivity index (χ0n) is 7.26. The molecule has 1 aliphatic heterocycles. The number of rotatable bonds is 0. The SMILES string of the molecule is CC1=Nc2c(cccc2C(F)(F)F)[N]1. The second kappa shape index (κ2) is 2.73. The van der Waals surface area contributed by atoms with Crippen LogP contribution in [0, 0.1) is 0 Å². The van der Waals surface area contributed by atoms with Crippen molar-refractivity contribution in [1.82, 2.24) is 5.32 Å². The highest BCUT2D eigenvalue weighted by Crippen LogP contribution is 2.42. The predicted molar refractivity (Wildman–Crippen MR) is 46.0 cm³/mol. The van der Waals surface area contributed by atoms with E-state index in [1.54, 1.807) is 6.92 Å². The number of para-hydroxylation sites is 1. The lowest BCUT2D eigenvalue weighted by atomic mass is 10.1. The van der Waals surface area contributed by atoms with Gasteiger partial charge in [-0.3, -0.25) is 0 Å². The smallest absolute Gasteiger partial charge is 0.232 e. The van der Waals surface area contributed by atoms with Crippen LogP contribution in [0.5, 0.6) is 0 Å². The van der Waals surface area contributed by atoms with Crippen molar-refractivity contribution in [2.75, 3.05) is 0 Å². The second-order valence-electron chi connectivity index (χ2n) is 2.94. The second-order valence-corrected chi connectivity index (χ2v) is 2.94. The van der Waals surface area contributed by atoms with Crippen LogP contribution in [0.4, 0.5) is 24.5 Å². The predicted octanol–water partition coefficient (Wildman–Crippen LogP) is 3.00. The molecule has 0 saturated carbocycles. The molecule has 5 heteroatoms. The third kappa shape index (κ3) is 1.34. The van der Waals surface area contributed by atoms with Gasteiger partial charge in [0.05, 0.1) is 11.3 Å². The van der Waals surface area contributed by atoms with Crippen LogP contribution in [0.2, 0.25) is 0 Å². The van der Waals surface area contributed by atoms with E-state index >= 15 is 0 Å². The molecule has 0 spiro atoms. The summed E-state index contributed by atoms with van der Waals surface area (Å²) in [4.78, 5) is 3.75. The lowest BCUT2D eigenvalue weighted by Gasteiger charge is -2.08. The Balaban J connectivity index is 2.59. The Labute approximate surface area is 78.5 Å². The topological polar surface area (TPSA) is 26.5 Å². The minimum Gasteiger partial charge on any atom is -0.232 e. The maximum Gasteiger partial charge on any atom is 0.418 e. The molecule has 1 heterocycles. The number of fused-ring (bicyclic) bond motifs is 1. The van der Waals surface area contributed by atoms with Gasteiger partial charge in [-0.15, -0.1) is 0 Å². The number of halogens is 3. The highest BCUT2D eigenvalue weighted by atomic mass is 19.4. The van der Waals surface area contributed by atoms with E-state index in [1.807, 2.05) is 0 Å². The standard InChI is InChI=1S/C9H6F3N2/c1-5-13-7-4-2-3-6(8(7)14-5)9(10,11)12/h2-4H,1H3. The fourth-order valence-electron chi connectivity index (χ4n) is 1.33. The summed E-state index contributed by atoms with van der Waals surface area (Å²) in [7, 11) is 0. The molecule has 0 amide bonds. The number of hydrogen-bond donors (Lipinski definition) is 0. The van der Waals surface area contributed by atoms with Crippen LogP contribution in [0.1, 0.15) is 12.5 Å². The van der Waals surface area contributed by atoms with Crippen molar-refractivity contribution >= 4 is 17.2 Å². The maximum absolute atomic E-state index is 12.5. The van der Waals surface area contributed by atoms with Crippen LogP contribution in [0.15, 0.2) is 23.2 Å². The lowest BCUT2D eigenvalue weighted by molar-refractivity contribution is -0.137. The first-order valence-electron chi connectivity index (χ1n) is 3.96. The molecule has 14 heavy (non-hydrogen) atoms. The van der Waals surface area contributed by atoms with Crippen molar-refractivity contribution in [3.05, 3.63) is 23.8 Å². The normalized spacial score (nSPS) is 14.7. The number of hydrogen-bond acceptors (Lipinski definition) is 1. The van der Waals surface area contributed by atoms with Crippen LogP contribution in [-0.4, -0.2) is 5.84 Å². The zero-order valence-corrected chi connectivity index (χ0v) is 7.26. The summed E-state index contributed by atoms with van der Waals surface area (Å²) in [6.45, 7) is 1.57. The van der Waals surface area contributed by atoms with Crippen LogP contribution in [0.3, 0.4) is 0 Å². The average molecular weight is 199 g/mol. The van der Waals surface area contributed by atoms with E-state index in [0.29, 0.717) is 5.84 Å². The van der Waals surface area contributed by atoms with E-state index in [9.17, 15) is 13.2 Å². The van der Waals surface area contributed by atoms with Gasteiger partial charge in [0.2, 0.25) is 0 Å². The quantitative estimate of drug-likeness (QED) is 0.614. The fourth-order valence-corrected chi connectivity index (χ4v) is 1.33. The largest absolute Gasteiger partial charge is 0.418 e. The number of alkyl halides is 3. The fraction of sp³-hybridized carbons (Fsp3) is 0.222. The maximum atomic E-state index is 12.5. The van der Waals surface area contributed by atoms with Crippen molar-refractivity contribution in [1.29, 1.82) is 0 Å². The third-order valence-corrected chi connectivity index (χ3v) is 1.88. The Bertz CT molecular complexity index is 407. The van der Waals surface area contributed by atoms with E-state index in [1.165, 1.54) is 12.1 Å². The number of amidine groups is 1. The monoisotopic (exact) mass is 199 g/mol. The molecule has 0 bridgehead atoms. The number of nitrogens with zero attached hydrogens (tertiary/aromatic N) is 2. The van der Waals surface area contributed by atoms with E-state index in [4.69, 9.17) is 0 Å². The van der Waals surface area contributed by atoms with Crippen molar-refractivity contribution in [2.45, 2.75) is 13.1 Å². The van der Waals surface area contributed by atoms with Crippen LogP contribution in [0.25, 0.3) is 0 Å². The molecule has 73 valence electrons. The van der Waals surface area contributed by atoms with Gasteiger partial charge in [0.1, 0.15) is 11.5 Å². The minimum atomic E-state index is -4.37. The summed E-state index contributed by atoms with van der Waals surface area (Å²) in [6.07, 6.45) is -4.37. The Kier molecular flexibility index (Phi) is 1.77. The van der Waals surface area contributed by atoms with Crippen molar-refractivity contribution in [3.63, 3.8) is 0 Å². The molecular weight excluding hydrogens is 193 g/mol. The van der Waals surface area contributed by atoms with Gasteiger partial charge >= 0.3 is 6.18 Å². The van der Waals surface area contributed by atoms with Gasteiger partial charge in [0.15, 0.2) is 0 Å². The molecule has 1 aliphatic rings. The Hall–Kier alpha value is -1.52. The molecular formula is C9H6F3N2. The molecule has 1 aromatic carbocycles. The summed E-state index contributed by atoms with van der Waals surface area (Å²) in [5.74, 6) is 0.358. The highest BCUT2D eigenvalue weighted by Gasteiger charge is 2.35. The van der Waals surface area contributed by atoms with Gasteiger partial charge in [-0.2, -0.15) is 13.2 Å². The molecule has 1 aromatic rings. The van der Waals surface area contributed by atoms with Gasteiger partial charge in [-0.25, -0.2) is 10.3 Å². The van der Waals surface area contributed by atoms with Crippen LogP contribution < -0.4 is 5.32 Å². The summed E-state index contributed by atoms with van der Waals surface area (Å²) >= 11 is 0. The van der Waals surface area contributed by atoms with Crippen molar-refractivity contribution in [3.8, 4) is 0 Å². The zero-order chi connectivity index (χ0) is 10.3. The molecule has 2 nitrogen and oxygen atoms in total. The van der Waals surface area contributed by atoms with Crippen molar-refractivity contribution in [2.24, 2.45) is 4.99 Å². The Morgan fingerprint density at radius 2 is 1.93 bits per heavy atom. The van der Waals surface area contributed by atoms with E-state index in [-0.39, 0.29) is 11.4 Å². The summed E-state index contributed by atoms with van der Waals surface area (Å²) in [6, 6.07) is 3.86. The van der Waals surface area contributed by atoms with Gasteiger partial charge in [0, 0.05) is 0 Å². The molecule has 0 saturated heterocycles. The minimum absolute atomic E-state index is 0.0718. The van der Waals surface area contributed by atoms with E-state index in [2.05, 4.69) is 10.3 Å². The molecule has 0 N–H and O–H groups in total. The van der Waals surface area contributed by atoms with E-state index < -0.39 is 11.7 Å². The first-order valence-corrected chi connectivity index (χ1v) is 3.96. The molecule has 0 atom stereocenters. The highest BCUT2D eigenvalue weighted by molar-refractivity contribution is 5.95. The lowest BCUT2D eigenvalue weighted by Crippen LogP contribution is -2.04. The number of benzene rings is 1. The van der Waals surface area contributed by atoms with Gasteiger partial charge in [-0.1, -0.05) is 6.07 Å². The molecule has 0 unspecified atom stereocenters. The Morgan fingerprint density at radius 1 is 1.21 bits per heavy atom. The van der Waals surface area contributed by atoms with Gasteiger partial charge < -0.3 is 0 Å². The summed E-state index contributed by atoms with van der Waals surface area (Å²) in [5.41, 5.74) is -0.509. The number of aliphatic imine (C=N–C) groups is 1. The van der Waals surface area contributed by atoms with E-state index in [0.717, 1.165) is 6.07 Å². The first kappa shape index (κ1) is 9.05. The molecule has 0 aliphatic carbocycles. The summed E-state index contributed by atoms with van der Waals surface area (Å²) < 4.78 is 37.4. The van der Waals surface area contributed by atoms with Gasteiger partial charge in [-0.05, 0) is 19.1 Å². The first-order chi connectivity index (χ1) is 6.48. The third-order valence-electron chi connectivity index (χ3n) is 1.88. The average Bonchev–Trinajstić information content (AvgIpc) is 2.41. The molecule has 1 radical (unpaired) electrons. The van der Waals surface area contributed by atoms with Gasteiger partial charge in [0.25, 0.3) is 0 Å². The van der Waals surface area contributed by atoms with Crippen LogP contribution >= 0.6 is 0 Å².